The number of hydrogen-bond donors (Lipinski definition) is 1. The number of hydrogen-bond acceptors (Lipinski definition) is 4. The maximum atomic E-state index is 13.0. The predicted octanol–water partition coefficient (Wildman–Crippen LogP) is 3.91. The average molecular weight is 437 g/mol. The van der Waals surface area contributed by atoms with Gasteiger partial charge in [-0.25, -0.2) is 12.8 Å². The Balaban J connectivity index is 1.56. The standard InChI is InChI=1S/C21H25FN2O3S2/c22-17-9-11-18(12-10-17)28-16-6-13-23-21(25)19-7-2-3-8-20(19)29(26,27)24-14-4-1-5-15-24/h2-3,7-12H,1,4-6,13-16H2,(H,23,25). The maximum absolute atomic E-state index is 13.0. The molecule has 0 radical (unpaired) electrons. The van der Waals surface area contributed by atoms with Crippen molar-refractivity contribution >= 4 is 27.7 Å². The minimum Gasteiger partial charge on any atom is -0.352 e. The molecule has 2 aromatic rings. The third kappa shape index (κ3) is 5.81. The molecule has 1 aliphatic rings. The van der Waals surface area contributed by atoms with Crippen molar-refractivity contribution in [2.75, 3.05) is 25.4 Å². The van der Waals surface area contributed by atoms with Crippen LogP contribution in [0.4, 0.5) is 4.39 Å². The second-order valence-corrected chi connectivity index (χ2v) is 9.95. The van der Waals surface area contributed by atoms with Crippen LogP contribution in [-0.4, -0.2) is 44.0 Å². The normalized spacial score (nSPS) is 15.2. The molecule has 0 bridgehead atoms. The van der Waals surface area contributed by atoms with Crippen molar-refractivity contribution < 1.29 is 17.6 Å². The number of nitrogens with one attached hydrogen (secondary N) is 1. The Kier molecular flexibility index (Phi) is 7.69. The van der Waals surface area contributed by atoms with Gasteiger partial charge in [-0.15, -0.1) is 11.8 Å². The van der Waals surface area contributed by atoms with Crippen LogP contribution in [-0.2, 0) is 10.0 Å². The molecule has 0 spiro atoms. The molecule has 29 heavy (non-hydrogen) atoms. The van der Waals surface area contributed by atoms with Crippen LogP contribution in [0.15, 0.2) is 58.3 Å². The number of carbonyl (C=O) groups excluding carboxylic acids is 1. The monoisotopic (exact) mass is 436 g/mol. The van der Waals surface area contributed by atoms with Crippen LogP contribution in [0.2, 0.25) is 0 Å². The lowest BCUT2D eigenvalue weighted by Gasteiger charge is -2.26. The quantitative estimate of drug-likeness (QED) is 0.503. The maximum Gasteiger partial charge on any atom is 0.252 e. The van der Waals surface area contributed by atoms with Gasteiger partial charge in [-0.2, -0.15) is 4.31 Å². The SMILES string of the molecule is O=C(NCCCSc1ccc(F)cc1)c1ccccc1S(=O)(=O)N1CCCCC1. The van der Waals surface area contributed by atoms with Crippen LogP contribution < -0.4 is 5.32 Å². The Morgan fingerprint density at radius 2 is 1.72 bits per heavy atom. The third-order valence-electron chi connectivity index (χ3n) is 4.75. The van der Waals surface area contributed by atoms with Gasteiger partial charge in [0.2, 0.25) is 10.0 Å². The number of rotatable bonds is 8. The van der Waals surface area contributed by atoms with E-state index < -0.39 is 10.0 Å². The highest BCUT2D eigenvalue weighted by Crippen LogP contribution is 2.24. The number of benzene rings is 2. The summed E-state index contributed by atoms with van der Waals surface area (Å²) in [4.78, 5) is 13.7. The van der Waals surface area contributed by atoms with Gasteiger partial charge >= 0.3 is 0 Å². The number of sulfonamides is 1. The highest BCUT2D eigenvalue weighted by molar-refractivity contribution is 7.99. The van der Waals surface area contributed by atoms with Gasteiger partial charge in [-0.1, -0.05) is 18.6 Å². The number of thioether (sulfide) groups is 1. The fraction of sp³-hybridized carbons (Fsp3) is 0.381. The fourth-order valence-electron chi connectivity index (χ4n) is 3.21. The lowest BCUT2D eigenvalue weighted by molar-refractivity contribution is 0.0950. The zero-order valence-corrected chi connectivity index (χ0v) is 17.8. The molecular weight excluding hydrogens is 411 g/mol. The number of nitrogens with zero attached hydrogens (tertiary/aromatic N) is 1. The summed E-state index contributed by atoms with van der Waals surface area (Å²) in [5.74, 6) is 0.118. The summed E-state index contributed by atoms with van der Waals surface area (Å²) < 4.78 is 40.4. The van der Waals surface area contributed by atoms with Crippen molar-refractivity contribution in [1.29, 1.82) is 0 Å². The van der Waals surface area contributed by atoms with E-state index in [1.807, 2.05) is 0 Å². The van der Waals surface area contributed by atoms with Gasteiger partial charge in [0.1, 0.15) is 5.82 Å². The molecule has 0 atom stereocenters. The summed E-state index contributed by atoms with van der Waals surface area (Å²) in [6.45, 7) is 1.43. The zero-order valence-electron chi connectivity index (χ0n) is 16.1. The van der Waals surface area contributed by atoms with E-state index in [9.17, 15) is 17.6 Å². The van der Waals surface area contributed by atoms with Gasteiger partial charge in [-0.3, -0.25) is 4.79 Å². The van der Waals surface area contributed by atoms with E-state index in [0.717, 1.165) is 36.3 Å². The van der Waals surface area contributed by atoms with Gasteiger partial charge < -0.3 is 5.32 Å². The van der Waals surface area contributed by atoms with Crippen LogP contribution in [0.3, 0.4) is 0 Å². The first-order valence-corrected chi connectivity index (χ1v) is 12.2. The second-order valence-electron chi connectivity index (χ2n) is 6.87. The second kappa shape index (κ2) is 10.2. The minimum atomic E-state index is -3.67. The van der Waals surface area contributed by atoms with E-state index in [1.54, 1.807) is 42.1 Å². The largest absolute Gasteiger partial charge is 0.352 e. The average Bonchev–Trinajstić information content (AvgIpc) is 2.75. The number of halogens is 1. The number of carbonyl (C=O) groups is 1. The van der Waals surface area contributed by atoms with E-state index in [2.05, 4.69) is 5.32 Å². The van der Waals surface area contributed by atoms with Crippen molar-refractivity contribution in [2.45, 2.75) is 35.5 Å². The molecule has 1 amide bonds. The van der Waals surface area contributed by atoms with E-state index in [1.165, 1.54) is 22.5 Å². The van der Waals surface area contributed by atoms with Crippen LogP contribution >= 0.6 is 11.8 Å². The van der Waals surface area contributed by atoms with E-state index >= 15 is 0 Å². The van der Waals surface area contributed by atoms with Gasteiger partial charge in [0.05, 0.1) is 10.5 Å². The molecule has 2 aromatic carbocycles. The van der Waals surface area contributed by atoms with Crippen LogP contribution in [0, 0.1) is 5.82 Å². The Morgan fingerprint density at radius 1 is 1.03 bits per heavy atom. The molecule has 0 saturated carbocycles. The Labute approximate surface area is 175 Å². The van der Waals surface area contributed by atoms with Gasteiger partial charge in [0.25, 0.3) is 5.91 Å². The molecule has 1 N–H and O–H groups in total. The summed E-state index contributed by atoms with van der Waals surface area (Å²) in [5.41, 5.74) is 0.185. The van der Waals surface area contributed by atoms with Crippen LogP contribution in [0.1, 0.15) is 36.0 Å². The summed E-state index contributed by atoms with van der Waals surface area (Å²) in [6.07, 6.45) is 3.44. The molecule has 1 aliphatic heterocycles. The molecule has 3 rings (SSSR count). The van der Waals surface area contributed by atoms with Crippen molar-refractivity contribution in [3.8, 4) is 0 Å². The van der Waals surface area contributed by atoms with Crippen molar-refractivity contribution in [3.05, 3.63) is 59.9 Å². The van der Waals surface area contributed by atoms with E-state index in [0.29, 0.717) is 19.6 Å². The fourth-order valence-corrected chi connectivity index (χ4v) is 5.77. The molecule has 0 aliphatic carbocycles. The first kappa shape index (κ1) is 21.8. The first-order valence-electron chi connectivity index (χ1n) is 9.74. The van der Waals surface area contributed by atoms with Gasteiger partial charge in [-0.05, 0) is 61.4 Å². The highest BCUT2D eigenvalue weighted by atomic mass is 32.2. The first-order chi connectivity index (χ1) is 14.0. The van der Waals surface area contributed by atoms with E-state index in [-0.39, 0.29) is 22.2 Å². The van der Waals surface area contributed by atoms with E-state index in [4.69, 9.17) is 0 Å². The summed E-state index contributed by atoms with van der Waals surface area (Å²) in [5, 5.41) is 2.81. The summed E-state index contributed by atoms with van der Waals surface area (Å²) >= 11 is 1.58. The lowest BCUT2D eigenvalue weighted by Crippen LogP contribution is -2.37. The Morgan fingerprint density at radius 3 is 2.45 bits per heavy atom. The van der Waals surface area contributed by atoms with Crippen molar-refractivity contribution in [3.63, 3.8) is 0 Å². The smallest absolute Gasteiger partial charge is 0.252 e. The molecule has 5 nitrogen and oxygen atoms in total. The molecule has 8 heteroatoms. The molecule has 156 valence electrons. The van der Waals surface area contributed by atoms with Crippen molar-refractivity contribution in [1.82, 2.24) is 9.62 Å². The minimum absolute atomic E-state index is 0.0695. The Hall–Kier alpha value is -1.90. The Bertz CT molecular complexity index is 927. The van der Waals surface area contributed by atoms with Crippen molar-refractivity contribution in [2.24, 2.45) is 0 Å². The third-order valence-corrected chi connectivity index (χ3v) is 7.81. The van der Waals surface area contributed by atoms with Crippen LogP contribution in [0.5, 0.6) is 0 Å². The molecule has 1 saturated heterocycles. The number of piperidine rings is 1. The van der Waals surface area contributed by atoms with Crippen LogP contribution in [0.25, 0.3) is 0 Å². The molecular formula is C21H25FN2O3S2. The van der Waals surface area contributed by atoms with Gasteiger partial charge in [0, 0.05) is 24.5 Å². The lowest BCUT2D eigenvalue weighted by atomic mass is 10.2. The molecule has 1 fully saturated rings. The summed E-state index contributed by atoms with van der Waals surface area (Å²) in [7, 11) is -3.67. The summed E-state index contributed by atoms with van der Waals surface area (Å²) in [6, 6.07) is 12.7. The van der Waals surface area contributed by atoms with Gasteiger partial charge in [0.15, 0.2) is 0 Å². The highest BCUT2D eigenvalue weighted by Gasteiger charge is 2.29. The molecule has 1 heterocycles. The predicted molar refractivity (Wildman–Crippen MR) is 113 cm³/mol. The topological polar surface area (TPSA) is 66.5 Å². The number of amides is 1. The molecule has 0 unspecified atom stereocenters. The zero-order chi connectivity index (χ0) is 20.7. The molecule has 0 aromatic heterocycles.